The second-order valence-corrected chi connectivity index (χ2v) is 5.46. The van der Waals surface area contributed by atoms with Crippen LogP contribution < -0.4 is 21.9 Å². The van der Waals surface area contributed by atoms with Gasteiger partial charge in [0.15, 0.2) is 0 Å². The van der Waals surface area contributed by atoms with Gasteiger partial charge < -0.3 is 21.9 Å². The van der Waals surface area contributed by atoms with Gasteiger partial charge in [0.25, 0.3) is 0 Å². The number of amides is 1. The molecule has 0 aliphatic heterocycles. The summed E-state index contributed by atoms with van der Waals surface area (Å²) in [6.07, 6.45) is -0.950. The Labute approximate surface area is 128 Å². The van der Waals surface area contributed by atoms with Gasteiger partial charge in [-0.25, -0.2) is 14.8 Å². The number of hydrogen-bond donors (Lipinski definition) is 3. The van der Waals surface area contributed by atoms with Crippen LogP contribution in [0.15, 0.2) is 18.2 Å². The molecule has 0 fully saturated rings. The van der Waals surface area contributed by atoms with Crippen LogP contribution in [0.2, 0.25) is 0 Å². The van der Waals surface area contributed by atoms with Crippen molar-refractivity contribution >= 4 is 39.3 Å². The summed E-state index contributed by atoms with van der Waals surface area (Å²) in [5.74, 6) is 0.0812. The number of nitrogen functional groups attached to an aromatic ring is 2. The molecule has 3 heterocycles. The van der Waals surface area contributed by atoms with Crippen LogP contribution in [-0.2, 0) is 0 Å². The van der Waals surface area contributed by atoms with E-state index in [2.05, 4.69) is 15.0 Å². The molecule has 22 heavy (non-hydrogen) atoms. The number of pyridine rings is 1. The fraction of sp³-hybridized carbons (Fsp3) is 0.0769. The number of fused-ring (bicyclic) bond motifs is 1. The number of anilines is 2. The maximum absolute atomic E-state index is 10.9. The number of ether oxygens (including phenoxy) is 1. The summed E-state index contributed by atoms with van der Waals surface area (Å²) in [6.45, 7) is 1.86. The number of hydrogen-bond acceptors (Lipinski definition) is 8. The highest BCUT2D eigenvalue weighted by molar-refractivity contribution is 7.21. The molecule has 0 spiro atoms. The third kappa shape index (κ3) is 2.37. The maximum Gasteiger partial charge on any atom is 0.410 e. The molecule has 112 valence electrons. The predicted octanol–water partition coefficient (Wildman–Crippen LogP) is 1.68. The fourth-order valence-corrected chi connectivity index (χ4v) is 3.00. The summed E-state index contributed by atoms with van der Waals surface area (Å²) in [5.41, 5.74) is 19.0. The van der Waals surface area contributed by atoms with Crippen LogP contribution in [0.3, 0.4) is 0 Å². The van der Waals surface area contributed by atoms with E-state index in [4.69, 9.17) is 21.9 Å². The molecule has 0 aliphatic carbocycles. The van der Waals surface area contributed by atoms with E-state index in [1.54, 1.807) is 6.07 Å². The van der Waals surface area contributed by atoms with E-state index in [0.29, 0.717) is 21.6 Å². The summed E-state index contributed by atoms with van der Waals surface area (Å²) in [7, 11) is 0. The normalized spacial score (nSPS) is 10.8. The molecule has 8 nitrogen and oxygen atoms in total. The predicted molar refractivity (Wildman–Crippen MR) is 84.4 cm³/mol. The zero-order chi connectivity index (χ0) is 15.9. The number of rotatable bonds is 2. The molecule has 0 atom stereocenters. The number of nitrogens with zero attached hydrogens (tertiary/aromatic N) is 3. The van der Waals surface area contributed by atoms with Crippen molar-refractivity contribution < 1.29 is 9.53 Å². The minimum Gasteiger partial charge on any atom is -0.397 e. The number of thiophene rings is 1. The molecule has 1 amide bonds. The molecule has 3 aromatic heterocycles. The van der Waals surface area contributed by atoms with Gasteiger partial charge in [0.1, 0.15) is 10.5 Å². The van der Waals surface area contributed by atoms with Crippen molar-refractivity contribution in [3.05, 3.63) is 23.9 Å². The van der Waals surface area contributed by atoms with Crippen molar-refractivity contribution in [2.45, 2.75) is 6.92 Å². The van der Waals surface area contributed by atoms with Gasteiger partial charge in [0, 0.05) is 5.69 Å². The van der Waals surface area contributed by atoms with E-state index in [-0.39, 0.29) is 16.7 Å². The molecule has 0 bridgehead atoms. The average Bonchev–Trinajstić information content (AvgIpc) is 2.73. The van der Waals surface area contributed by atoms with Crippen molar-refractivity contribution in [1.82, 2.24) is 15.0 Å². The summed E-state index contributed by atoms with van der Waals surface area (Å²) >= 11 is 1.07. The second kappa shape index (κ2) is 5.11. The molecule has 0 radical (unpaired) electrons. The van der Waals surface area contributed by atoms with Crippen molar-refractivity contribution in [2.75, 3.05) is 11.5 Å². The first-order valence-corrected chi connectivity index (χ1v) is 7.04. The van der Waals surface area contributed by atoms with Crippen LogP contribution in [0.25, 0.3) is 21.6 Å². The van der Waals surface area contributed by atoms with E-state index in [9.17, 15) is 4.79 Å². The van der Waals surface area contributed by atoms with Gasteiger partial charge in [0.05, 0.1) is 16.8 Å². The third-order valence-corrected chi connectivity index (χ3v) is 3.87. The first kappa shape index (κ1) is 14.0. The van der Waals surface area contributed by atoms with Crippen LogP contribution >= 0.6 is 11.3 Å². The Morgan fingerprint density at radius 2 is 2.00 bits per heavy atom. The van der Waals surface area contributed by atoms with Gasteiger partial charge in [-0.2, -0.15) is 0 Å². The van der Waals surface area contributed by atoms with E-state index >= 15 is 0 Å². The van der Waals surface area contributed by atoms with Crippen LogP contribution in [0.4, 0.5) is 16.4 Å². The molecule has 3 aromatic rings. The number of carbonyl (C=O) groups excluding carboxylic acids is 1. The van der Waals surface area contributed by atoms with Crippen molar-refractivity contribution in [2.24, 2.45) is 5.73 Å². The Hall–Kier alpha value is -2.94. The first-order chi connectivity index (χ1) is 10.5. The highest BCUT2D eigenvalue weighted by Crippen LogP contribution is 2.43. The Kier molecular flexibility index (Phi) is 3.26. The average molecular weight is 316 g/mol. The van der Waals surface area contributed by atoms with Crippen molar-refractivity contribution in [3.8, 4) is 16.5 Å². The van der Waals surface area contributed by atoms with Crippen molar-refractivity contribution in [3.63, 3.8) is 0 Å². The van der Waals surface area contributed by atoms with Crippen molar-refractivity contribution in [1.29, 1.82) is 0 Å². The molecule has 3 rings (SSSR count). The summed E-state index contributed by atoms with van der Waals surface area (Å²) in [6, 6.07) is 5.51. The van der Waals surface area contributed by atoms with Crippen LogP contribution in [0.5, 0.6) is 5.06 Å². The standard InChI is InChI=1S/C13H12N6O2S/c1-5-3-2-4-6(17-5)9-7-8(14)11(21-13(16)20)22-10(7)19-12(15)18-9/h2-4H,14H2,1H3,(H2,16,20)(H2,15,18,19). The summed E-state index contributed by atoms with van der Waals surface area (Å²) in [4.78, 5) is 24.2. The Balaban J connectivity index is 2.29. The quantitative estimate of drug-likeness (QED) is 0.652. The number of nitrogens with two attached hydrogens (primary N) is 3. The van der Waals surface area contributed by atoms with Gasteiger partial charge in [-0.3, -0.25) is 4.98 Å². The molecular weight excluding hydrogens is 304 g/mol. The molecule has 0 saturated carbocycles. The summed E-state index contributed by atoms with van der Waals surface area (Å²) < 4.78 is 4.89. The lowest BCUT2D eigenvalue weighted by Crippen LogP contribution is -2.16. The van der Waals surface area contributed by atoms with E-state index in [1.165, 1.54) is 0 Å². The van der Waals surface area contributed by atoms with Crippen LogP contribution in [0.1, 0.15) is 5.69 Å². The lowest BCUT2D eigenvalue weighted by Gasteiger charge is -2.05. The topological polar surface area (TPSA) is 143 Å². The van der Waals surface area contributed by atoms with E-state index < -0.39 is 6.09 Å². The Morgan fingerprint density at radius 3 is 2.68 bits per heavy atom. The number of primary amides is 1. The fourth-order valence-electron chi connectivity index (χ4n) is 2.05. The van der Waals surface area contributed by atoms with Crippen LogP contribution in [0, 0.1) is 6.92 Å². The second-order valence-electron chi connectivity index (χ2n) is 4.50. The minimum absolute atomic E-state index is 0.0812. The summed E-state index contributed by atoms with van der Waals surface area (Å²) in [5, 5.41) is 0.699. The zero-order valence-electron chi connectivity index (χ0n) is 11.5. The van der Waals surface area contributed by atoms with Crippen LogP contribution in [-0.4, -0.2) is 21.0 Å². The van der Waals surface area contributed by atoms with Gasteiger partial charge >= 0.3 is 6.09 Å². The molecule has 0 unspecified atom stereocenters. The Bertz CT molecular complexity index is 892. The van der Waals surface area contributed by atoms with Gasteiger partial charge in [-0.15, -0.1) is 0 Å². The molecule has 0 saturated heterocycles. The monoisotopic (exact) mass is 316 g/mol. The molecule has 6 N–H and O–H groups in total. The molecule has 9 heteroatoms. The zero-order valence-corrected chi connectivity index (χ0v) is 12.3. The lowest BCUT2D eigenvalue weighted by atomic mass is 10.2. The van der Waals surface area contributed by atoms with E-state index in [1.807, 2.05) is 19.1 Å². The Morgan fingerprint density at radius 1 is 1.23 bits per heavy atom. The largest absolute Gasteiger partial charge is 0.410 e. The number of aromatic nitrogens is 3. The van der Waals surface area contributed by atoms with Gasteiger partial charge in [-0.1, -0.05) is 17.4 Å². The number of carbonyl (C=O) groups is 1. The molecule has 0 aromatic carbocycles. The SMILES string of the molecule is Cc1cccc(-c2nc(N)nc3sc(OC(N)=O)c(N)c23)n1. The smallest absolute Gasteiger partial charge is 0.397 e. The van der Waals surface area contributed by atoms with Gasteiger partial charge in [-0.05, 0) is 19.1 Å². The third-order valence-electron chi connectivity index (χ3n) is 2.90. The first-order valence-electron chi connectivity index (χ1n) is 6.22. The highest BCUT2D eigenvalue weighted by Gasteiger charge is 2.20. The maximum atomic E-state index is 10.9. The molecular formula is C13H12N6O2S. The number of aryl methyl sites for hydroxylation is 1. The van der Waals surface area contributed by atoms with E-state index in [0.717, 1.165) is 17.0 Å². The lowest BCUT2D eigenvalue weighted by molar-refractivity contribution is 0.212. The minimum atomic E-state index is -0.950. The molecule has 0 aliphatic rings. The highest BCUT2D eigenvalue weighted by atomic mass is 32.1. The van der Waals surface area contributed by atoms with Gasteiger partial charge in [0.2, 0.25) is 11.0 Å².